The Labute approximate surface area is 104 Å². The van der Waals surface area contributed by atoms with Crippen molar-refractivity contribution in [2.45, 2.75) is 38.5 Å². The van der Waals surface area contributed by atoms with Gasteiger partial charge in [-0.1, -0.05) is 25.5 Å². The van der Waals surface area contributed by atoms with Crippen LogP contribution in [0.3, 0.4) is 0 Å². The van der Waals surface area contributed by atoms with Crippen LogP contribution in [-0.2, 0) is 5.41 Å². The van der Waals surface area contributed by atoms with Crippen LogP contribution < -0.4 is 10.5 Å². The molecule has 1 aliphatic carbocycles. The number of ether oxygens (including phenoxy) is 1. The average molecular weight is 233 g/mol. The summed E-state index contributed by atoms with van der Waals surface area (Å²) >= 11 is 0. The van der Waals surface area contributed by atoms with Crippen LogP contribution in [0.25, 0.3) is 0 Å². The first-order chi connectivity index (χ1) is 8.14. The lowest BCUT2D eigenvalue weighted by Crippen LogP contribution is -2.37. The summed E-state index contributed by atoms with van der Waals surface area (Å²) in [6.07, 6.45) is 3.78. The fourth-order valence-corrected chi connectivity index (χ4v) is 3.23. The molecule has 2 atom stereocenters. The van der Waals surface area contributed by atoms with E-state index in [2.05, 4.69) is 32.0 Å². The summed E-state index contributed by atoms with van der Waals surface area (Å²) in [4.78, 5) is 0. The molecule has 1 saturated carbocycles. The van der Waals surface area contributed by atoms with E-state index < -0.39 is 0 Å². The molecule has 0 radical (unpaired) electrons. The summed E-state index contributed by atoms with van der Waals surface area (Å²) in [5, 5.41) is 0. The first-order valence-corrected chi connectivity index (χ1v) is 6.49. The smallest absolute Gasteiger partial charge is 0.122 e. The summed E-state index contributed by atoms with van der Waals surface area (Å²) < 4.78 is 5.43. The Morgan fingerprint density at radius 2 is 2.24 bits per heavy atom. The predicted molar refractivity (Wildman–Crippen MR) is 71.5 cm³/mol. The van der Waals surface area contributed by atoms with Gasteiger partial charge in [-0.25, -0.2) is 0 Å². The molecule has 2 unspecified atom stereocenters. The number of nitrogens with two attached hydrogens (primary N) is 1. The summed E-state index contributed by atoms with van der Waals surface area (Å²) in [5.41, 5.74) is 8.79. The van der Waals surface area contributed by atoms with Crippen LogP contribution in [0.2, 0.25) is 0 Å². The molecule has 2 rings (SSSR count). The zero-order valence-electron chi connectivity index (χ0n) is 11.1. The van der Waals surface area contributed by atoms with Crippen LogP contribution in [0.5, 0.6) is 5.75 Å². The van der Waals surface area contributed by atoms with Crippen LogP contribution in [0.15, 0.2) is 18.2 Å². The maximum atomic E-state index is 6.08. The Morgan fingerprint density at radius 3 is 2.76 bits per heavy atom. The Morgan fingerprint density at radius 1 is 1.47 bits per heavy atom. The predicted octanol–water partition coefficient (Wildman–Crippen LogP) is 3.02. The highest BCUT2D eigenvalue weighted by molar-refractivity contribution is 5.41. The first-order valence-electron chi connectivity index (χ1n) is 6.49. The fourth-order valence-electron chi connectivity index (χ4n) is 3.23. The van der Waals surface area contributed by atoms with Gasteiger partial charge in [-0.15, -0.1) is 0 Å². The molecule has 1 aromatic carbocycles. The van der Waals surface area contributed by atoms with Crippen LogP contribution in [0.4, 0.5) is 0 Å². The van der Waals surface area contributed by atoms with Crippen LogP contribution in [-0.4, -0.2) is 13.7 Å². The Hall–Kier alpha value is -1.02. The van der Waals surface area contributed by atoms with Gasteiger partial charge in [0.15, 0.2) is 0 Å². The number of hydrogen-bond donors (Lipinski definition) is 1. The third-order valence-electron chi connectivity index (χ3n) is 4.55. The summed E-state index contributed by atoms with van der Waals surface area (Å²) in [6, 6.07) is 6.56. The van der Waals surface area contributed by atoms with Gasteiger partial charge in [0.2, 0.25) is 0 Å². The van der Waals surface area contributed by atoms with Crippen molar-refractivity contribution in [1.29, 1.82) is 0 Å². The molecule has 0 amide bonds. The van der Waals surface area contributed by atoms with Gasteiger partial charge in [-0.3, -0.25) is 0 Å². The molecule has 0 bridgehead atoms. The highest BCUT2D eigenvalue weighted by Gasteiger charge is 2.40. The second-order valence-corrected chi connectivity index (χ2v) is 5.34. The summed E-state index contributed by atoms with van der Waals surface area (Å²) in [5.74, 6) is 1.65. The third kappa shape index (κ3) is 1.95. The highest BCUT2D eigenvalue weighted by Crippen LogP contribution is 2.45. The van der Waals surface area contributed by atoms with Crippen LogP contribution >= 0.6 is 0 Å². The standard InChI is InChI=1S/C15H23NO/c1-11-6-7-13(9-14(11)17-3)15(10-16)8-4-5-12(15)2/h6-7,9,12H,4-5,8,10,16H2,1-3H3. The van der Waals surface area contributed by atoms with Crippen molar-refractivity contribution in [2.75, 3.05) is 13.7 Å². The van der Waals surface area contributed by atoms with Gasteiger partial charge < -0.3 is 10.5 Å². The van der Waals surface area contributed by atoms with E-state index in [9.17, 15) is 0 Å². The lowest BCUT2D eigenvalue weighted by molar-refractivity contribution is 0.342. The van der Waals surface area contributed by atoms with Crippen molar-refractivity contribution < 1.29 is 4.74 Å². The minimum Gasteiger partial charge on any atom is -0.496 e. The van der Waals surface area contributed by atoms with Gasteiger partial charge >= 0.3 is 0 Å². The van der Waals surface area contributed by atoms with Crippen LogP contribution in [0.1, 0.15) is 37.3 Å². The monoisotopic (exact) mass is 233 g/mol. The zero-order valence-corrected chi connectivity index (χ0v) is 11.1. The SMILES string of the molecule is COc1cc(C2(CN)CCCC2C)ccc1C. The largest absolute Gasteiger partial charge is 0.496 e. The maximum Gasteiger partial charge on any atom is 0.122 e. The third-order valence-corrected chi connectivity index (χ3v) is 4.55. The molecule has 2 N–H and O–H groups in total. The molecule has 0 aliphatic heterocycles. The van der Waals surface area contributed by atoms with E-state index in [1.54, 1.807) is 7.11 Å². The Balaban J connectivity index is 2.44. The number of hydrogen-bond acceptors (Lipinski definition) is 2. The quantitative estimate of drug-likeness (QED) is 0.871. The molecule has 1 aromatic rings. The molecule has 17 heavy (non-hydrogen) atoms. The number of aryl methyl sites for hydroxylation is 1. The van der Waals surface area contributed by atoms with E-state index in [-0.39, 0.29) is 5.41 Å². The molecule has 1 aliphatic rings. The number of benzene rings is 1. The molecular weight excluding hydrogens is 210 g/mol. The van der Waals surface area contributed by atoms with E-state index in [1.807, 2.05) is 0 Å². The number of methoxy groups -OCH3 is 1. The van der Waals surface area contributed by atoms with E-state index in [0.29, 0.717) is 5.92 Å². The molecule has 0 aromatic heterocycles. The van der Waals surface area contributed by atoms with Crippen molar-refractivity contribution in [2.24, 2.45) is 11.7 Å². The van der Waals surface area contributed by atoms with Gasteiger partial charge in [0, 0.05) is 12.0 Å². The van der Waals surface area contributed by atoms with Crippen molar-refractivity contribution in [3.63, 3.8) is 0 Å². The minimum absolute atomic E-state index is 0.168. The van der Waals surface area contributed by atoms with Crippen molar-refractivity contribution in [3.8, 4) is 5.75 Å². The van der Waals surface area contributed by atoms with Crippen LogP contribution in [0, 0.1) is 12.8 Å². The topological polar surface area (TPSA) is 35.2 Å². The van der Waals surface area contributed by atoms with Gasteiger partial charge in [0.25, 0.3) is 0 Å². The second-order valence-electron chi connectivity index (χ2n) is 5.34. The molecule has 0 saturated heterocycles. The van der Waals surface area contributed by atoms with E-state index >= 15 is 0 Å². The second kappa shape index (κ2) is 4.69. The lowest BCUT2D eigenvalue weighted by Gasteiger charge is -2.33. The van der Waals surface area contributed by atoms with Gasteiger partial charge in [-0.2, -0.15) is 0 Å². The molecule has 2 heteroatoms. The zero-order chi connectivity index (χ0) is 12.5. The highest BCUT2D eigenvalue weighted by atomic mass is 16.5. The maximum absolute atomic E-state index is 6.08. The lowest BCUT2D eigenvalue weighted by atomic mass is 9.73. The fraction of sp³-hybridized carbons (Fsp3) is 0.600. The van der Waals surface area contributed by atoms with E-state index in [1.165, 1.54) is 30.4 Å². The number of rotatable bonds is 3. The van der Waals surface area contributed by atoms with Gasteiger partial charge in [0.1, 0.15) is 5.75 Å². The molecule has 0 heterocycles. The Kier molecular flexibility index (Phi) is 3.43. The minimum atomic E-state index is 0.168. The van der Waals surface area contributed by atoms with E-state index in [0.717, 1.165) is 12.3 Å². The normalized spacial score (nSPS) is 28.4. The van der Waals surface area contributed by atoms with E-state index in [4.69, 9.17) is 10.5 Å². The summed E-state index contributed by atoms with van der Waals surface area (Å²) in [6.45, 7) is 5.14. The first kappa shape index (κ1) is 12.4. The molecule has 2 nitrogen and oxygen atoms in total. The van der Waals surface area contributed by atoms with Crippen molar-refractivity contribution in [3.05, 3.63) is 29.3 Å². The van der Waals surface area contributed by atoms with Gasteiger partial charge in [-0.05, 0) is 42.9 Å². The molecular formula is C15H23NO. The summed E-state index contributed by atoms with van der Waals surface area (Å²) in [7, 11) is 1.74. The van der Waals surface area contributed by atoms with Crippen molar-refractivity contribution in [1.82, 2.24) is 0 Å². The molecule has 1 fully saturated rings. The Bertz CT molecular complexity index is 402. The van der Waals surface area contributed by atoms with Crippen molar-refractivity contribution >= 4 is 0 Å². The molecule has 94 valence electrons. The molecule has 0 spiro atoms. The average Bonchev–Trinajstić information content (AvgIpc) is 2.72. The van der Waals surface area contributed by atoms with Gasteiger partial charge in [0.05, 0.1) is 7.11 Å².